The Balaban J connectivity index is 1.53. The van der Waals surface area contributed by atoms with Crippen LogP contribution in [-0.4, -0.2) is 69.2 Å². The lowest BCUT2D eigenvalue weighted by molar-refractivity contribution is -0.907. The van der Waals surface area contributed by atoms with Gasteiger partial charge in [0, 0.05) is 12.0 Å². The molecule has 8 nitrogen and oxygen atoms in total. The van der Waals surface area contributed by atoms with Gasteiger partial charge in [0.1, 0.15) is 30.7 Å². The highest BCUT2D eigenvalue weighted by Crippen LogP contribution is 2.40. The number of ether oxygens (including phenoxy) is 3. The number of morpholine rings is 1. The number of quaternary nitrogens is 1. The summed E-state index contributed by atoms with van der Waals surface area (Å²) in [6.07, 6.45) is 0.748. The van der Waals surface area contributed by atoms with E-state index in [1.807, 2.05) is 19.1 Å². The maximum Gasteiger partial charge on any atom is 0.295 e. The summed E-state index contributed by atoms with van der Waals surface area (Å²) < 4.78 is 16.5. The van der Waals surface area contributed by atoms with Crippen molar-refractivity contribution in [3.05, 3.63) is 64.7 Å². The maximum absolute atomic E-state index is 13.7. The van der Waals surface area contributed by atoms with Gasteiger partial charge in [0.25, 0.3) is 5.91 Å². The minimum Gasteiger partial charge on any atom is -0.872 e. The van der Waals surface area contributed by atoms with E-state index in [9.17, 15) is 14.7 Å². The number of benzene rings is 2. The summed E-state index contributed by atoms with van der Waals surface area (Å²) in [4.78, 5) is 29.3. The normalized spacial score (nSPS) is 23.9. The van der Waals surface area contributed by atoms with Crippen molar-refractivity contribution in [2.75, 3.05) is 46.5 Å². The van der Waals surface area contributed by atoms with E-state index in [0.29, 0.717) is 49.6 Å². The number of nitrogens with zero attached hydrogens (tertiary/aromatic N) is 1. The quantitative estimate of drug-likeness (QED) is 0.361. The van der Waals surface area contributed by atoms with Crippen LogP contribution in [0.3, 0.4) is 0 Å². The van der Waals surface area contributed by atoms with E-state index in [0.717, 1.165) is 24.4 Å². The van der Waals surface area contributed by atoms with E-state index < -0.39 is 23.5 Å². The molecule has 184 valence electrons. The Morgan fingerprint density at radius 1 is 1.14 bits per heavy atom. The smallest absolute Gasteiger partial charge is 0.295 e. The molecule has 3 heterocycles. The van der Waals surface area contributed by atoms with Crippen LogP contribution in [0, 0.1) is 0 Å². The van der Waals surface area contributed by atoms with Crippen LogP contribution in [0.15, 0.2) is 48.0 Å². The van der Waals surface area contributed by atoms with E-state index in [-0.39, 0.29) is 11.7 Å². The zero-order valence-corrected chi connectivity index (χ0v) is 20.0. The monoisotopic (exact) mass is 478 g/mol. The summed E-state index contributed by atoms with van der Waals surface area (Å²) >= 11 is 0. The van der Waals surface area contributed by atoms with Crippen molar-refractivity contribution >= 4 is 17.4 Å². The molecule has 0 spiro atoms. The second-order valence-electron chi connectivity index (χ2n) is 9.31. The minimum atomic E-state index is -0.739. The lowest BCUT2D eigenvalue weighted by Crippen LogP contribution is -3.14. The molecule has 2 fully saturated rings. The Labute approximate surface area is 204 Å². The molecule has 35 heavy (non-hydrogen) atoms. The Hall–Kier alpha value is -3.36. The number of nitrogens with one attached hydrogen (secondary N) is 1. The minimum absolute atomic E-state index is 0.00376. The molecule has 0 aromatic heterocycles. The first-order valence-corrected chi connectivity index (χ1v) is 12.1. The van der Waals surface area contributed by atoms with E-state index in [1.54, 1.807) is 42.3 Å². The van der Waals surface area contributed by atoms with Crippen molar-refractivity contribution in [3.63, 3.8) is 0 Å². The van der Waals surface area contributed by atoms with Gasteiger partial charge >= 0.3 is 0 Å². The topological polar surface area (TPSA) is 92.6 Å². The molecule has 2 saturated heterocycles. The summed E-state index contributed by atoms with van der Waals surface area (Å²) in [5.41, 5.74) is 2.05. The van der Waals surface area contributed by atoms with Crippen LogP contribution in [0.2, 0.25) is 0 Å². The maximum atomic E-state index is 13.7. The van der Waals surface area contributed by atoms with E-state index >= 15 is 0 Å². The van der Waals surface area contributed by atoms with Crippen LogP contribution >= 0.6 is 0 Å². The van der Waals surface area contributed by atoms with E-state index in [4.69, 9.17) is 14.2 Å². The molecule has 0 bridgehead atoms. The van der Waals surface area contributed by atoms with Gasteiger partial charge in [-0.1, -0.05) is 24.0 Å². The Morgan fingerprint density at radius 2 is 1.89 bits per heavy atom. The van der Waals surface area contributed by atoms with Gasteiger partial charge in [-0.15, -0.1) is 0 Å². The summed E-state index contributed by atoms with van der Waals surface area (Å²) in [6, 6.07) is 11.7. The van der Waals surface area contributed by atoms with Gasteiger partial charge in [-0.25, -0.2) is 0 Å². The van der Waals surface area contributed by atoms with Crippen molar-refractivity contribution in [2.24, 2.45) is 0 Å². The van der Waals surface area contributed by atoms with Crippen LogP contribution in [0.5, 0.6) is 11.5 Å². The summed E-state index contributed by atoms with van der Waals surface area (Å²) in [6.45, 7) is 6.11. The molecule has 3 aliphatic heterocycles. The Kier molecular flexibility index (Phi) is 6.49. The average molecular weight is 479 g/mol. The molecule has 8 heteroatoms. The number of hydrogen-bond acceptors (Lipinski definition) is 6. The highest BCUT2D eigenvalue weighted by Gasteiger charge is 2.44. The summed E-state index contributed by atoms with van der Waals surface area (Å²) in [5.74, 6) is -0.338. The second-order valence-corrected chi connectivity index (χ2v) is 9.31. The van der Waals surface area contributed by atoms with Gasteiger partial charge in [-0.05, 0) is 47.9 Å². The third-order valence-electron chi connectivity index (χ3n) is 7.03. The number of hydrogen-bond donors (Lipinski definition) is 1. The fraction of sp³-hybridized carbons (Fsp3) is 0.407. The SMILES string of the molecule is COc1ccc(C2C(=C([O-])c3ccc4c(c3)CC(C)O4)C(=O)C(=O)N2CC[NH+]2CCOCC2)cc1. The highest BCUT2D eigenvalue weighted by molar-refractivity contribution is 6.46. The summed E-state index contributed by atoms with van der Waals surface area (Å²) in [5, 5.41) is 13.7. The number of ketones is 1. The zero-order chi connectivity index (χ0) is 24.5. The van der Waals surface area contributed by atoms with Crippen LogP contribution in [-0.2, 0) is 20.7 Å². The van der Waals surface area contributed by atoms with Crippen molar-refractivity contribution < 1.29 is 33.8 Å². The molecule has 0 radical (unpaired) electrons. The number of likely N-dealkylation sites (tertiary alicyclic amines) is 1. The first kappa shape index (κ1) is 23.4. The van der Waals surface area contributed by atoms with E-state index in [2.05, 4.69) is 0 Å². The predicted octanol–water partition coefficient (Wildman–Crippen LogP) is 0.158. The van der Waals surface area contributed by atoms with Crippen LogP contribution in [0.4, 0.5) is 0 Å². The number of Topliss-reactive ketones (excluding diaryl/α,β-unsaturated/α-hetero) is 1. The lowest BCUT2D eigenvalue weighted by Gasteiger charge is -2.30. The van der Waals surface area contributed by atoms with Crippen molar-refractivity contribution in [2.45, 2.75) is 25.5 Å². The van der Waals surface area contributed by atoms with Crippen LogP contribution in [0.1, 0.15) is 29.7 Å². The van der Waals surface area contributed by atoms with Crippen LogP contribution in [0.25, 0.3) is 5.76 Å². The number of rotatable bonds is 6. The Bertz CT molecular complexity index is 1150. The first-order valence-electron chi connectivity index (χ1n) is 12.1. The van der Waals surface area contributed by atoms with Crippen molar-refractivity contribution in [1.29, 1.82) is 0 Å². The molecule has 0 saturated carbocycles. The number of amides is 1. The highest BCUT2D eigenvalue weighted by atomic mass is 16.5. The molecule has 2 aromatic carbocycles. The molecule has 1 N–H and O–H groups in total. The third-order valence-corrected chi connectivity index (χ3v) is 7.03. The molecule has 3 aliphatic rings. The molecule has 0 aliphatic carbocycles. The van der Waals surface area contributed by atoms with Gasteiger partial charge in [0.05, 0.1) is 39.5 Å². The molecule has 1 amide bonds. The first-order chi connectivity index (χ1) is 17.0. The van der Waals surface area contributed by atoms with Crippen molar-refractivity contribution in [1.82, 2.24) is 4.90 Å². The molecule has 2 unspecified atom stereocenters. The van der Waals surface area contributed by atoms with Gasteiger partial charge in [-0.2, -0.15) is 0 Å². The fourth-order valence-corrected chi connectivity index (χ4v) is 5.14. The van der Waals surface area contributed by atoms with E-state index in [1.165, 1.54) is 4.90 Å². The second kappa shape index (κ2) is 9.71. The lowest BCUT2D eigenvalue weighted by atomic mass is 9.94. The molecule has 2 aromatic rings. The predicted molar refractivity (Wildman–Crippen MR) is 126 cm³/mol. The molecular formula is C27H30N2O6. The number of carbonyl (C=O) groups is 2. The largest absolute Gasteiger partial charge is 0.872 e. The molecule has 2 atom stereocenters. The van der Waals surface area contributed by atoms with Crippen molar-refractivity contribution in [3.8, 4) is 11.5 Å². The van der Waals surface area contributed by atoms with Crippen LogP contribution < -0.4 is 19.5 Å². The summed E-state index contributed by atoms with van der Waals surface area (Å²) in [7, 11) is 1.58. The standard InChI is InChI=1S/C27H30N2O6/c1-17-15-20-16-19(5-8-22(20)35-17)25(30)23-24(18-3-6-21(33-2)7-4-18)29(27(32)26(23)31)10-9-28-11-13-34-14-12-28/h3-8,16-17,24,30H,9-15H2,1-2H3. The molecular weight excluding hydrogens is 448 g/mol. The van der Waals surface area contributed by atoms with Gasteiger partial charge in [-0.3, -0.25) is 9.59 Å². The Morgan fingerprint density at radius 3 is 2.60 bits per heavy atom. The van der Waals surface area contributed by atoms with Gasteiger partial charge in [0.15, 0.2) is 0 Å². The average Bonchev–Trinajstić information content (AvgIpc) is 3.38. The third kappa shape index (κ3) is 4.51. The van der Waals surface area contributed by atoms with Gasteiger partial charge in [0.2, 0.25) is 5.78 Å². The molecule has 5 rings (SSSR count). The fourth-order valence-electron chi connectivity index (χ4n) is 5.14. The number of methoxy groups -OCH3 is 1. The van der Waals surface area contributed by atoms with Gasteiger partial charge < -0.3 is 29.1 Å². The zero-order valence-electron chi connectivity index (χ0n) is 20.0. The number of carbonyl (C=O) groups excluding carboxylic acids is 2. The number of fused-ring (bicyclic) bond motifs is 1.